The number of carbonyl (C=O) groups is 1. The number of nitrogens with two attached hydrogens (primary N) is 1. The molecule has 0 spiro atoms. The smallest absolute Gasteiger partial charge is 0.220 e. The van der Waals surface area contributed by atoms with E-state index >= 15 is 0 Å². The summed E-state index contributed by atoms with van der Waals surface area (Å²) in [5.74, 6) is 1.27. The van der Waals surface area contributed by atoms with Crippen LogP contribution >= 0.6 is 0 Å². The number of hydrogen-bond acceptors (Lipinski definition) is 3. The number of aliphatic hydroxyl groups is 1. The van der Waals surface area contributed by atoms with E-state index in [0.29, 0.717) is 31.3 Å². The van der Waals surface area contributed by atoms with E-state index in [2.05, 4.69) is 19.2 Å². The minimum atomic E-state index is -0.459. The van der Waals surface area contributed by atoms with E-state index in [1.807, 2.05) is 13.8 Å². The van der Waals surface area contributed by atoms with Gasteiger partial charge in [-0.1, -0.05) is 27.7 Å². The summed E-state index contributed by atoms with van der Waals surface area (Å²) >= 11 is 0. The lowest BCUT2D eigenvalue weighted by molar-refractivity contribution is -0.122. The molecule has 0 fully saturated rings. The van der Waals surface area contributed by atoms with Crippen molar-refractivity contribution >= 4 is 5.91 Å². The fourth-order valence-electron chi connectivity index (χ4n) is 1.88. The van der Waals surface area contributed by atoms with Crippen LogP contribution in [0.5, 0.6) is 0 Å². The first-order valence-corrected chi connectivity index (χ1v) is 7.03. The minimum absolute atomic E-state index is 0.0253. The lowest BCUT2D eigenvalue weighted by atomic mass is 9.88. The third-order valence-corrected chi connectivity index (χ3v) is 3.50. The van der Waals surface area contributed by atoms with Crippen LogP contribution in [0.1, 0.15) is 47.0 Å². The van der Waals surface area contributed by atoms with E-state index in [1.165, 1.54) is 0 Å². The summed E-state index contributed by atoms with van der Waals surface area (Å²) in [6.07, 6.45) is 1.91. The van der Waals surface area contributed by atoms with Crippen LogP contribution in [0.4, 0.5) is 0 Å². The molecule has 0 aromatic carbocycles. The second kappa shape index (κ2) is 9.34. The minimum Gasteiger partial charge on any atom is -0.391 e. The molecule has 1 amide bonds. The standard InChI is InChI=1S/C14H30N2O2/c1-10(2)12(7-8-15)5-6-14(18)16-9-13(17)11(3)4/h10-13,17H,5-9,15H2,1-4H3,(H,16,18). The van der Waals surface area contributed by atoms with Crippen molar-refractivity contribution in [2.45, 2.75) is 53.1 Å². The summed E-state index contributed by atoms with van der Waals surface area (Å²) in [7, 11) is 0. The predicted molar refractivity (Wildman–Crippen MR) is 75.1 cm³/mol. The van der Waals surface area contributed by atoms with Gasteiger partial charge in [0.25, 0.3) is 0 Å². The van der Waals surface area contributed by atoms with Gasteiger partial charge in [-0.2, -0.15) is 0 Å². The molecule has 108 valence electrons. The summed E-state index contributed by atoms with van der Waals surface area (Å²) in [6.45, 7) is 9.23. The van der Waals surface area contributed by atoms with Gasteiger partial charge in [-0.3, -0.25) is 4.79 Å². The zero-order valence-electron chi connectivity index (χ0n) is 12.3. The maximum atomic E-state index is 11.6. The van der Waals surface area contributed by atoms with Gasteiger partial charge < -0.3 is 16.2 Å². The Hall–Kier alpha value is -0.610. The Labute approximate surface area is 111 Å². The summed E-state index contributed by atoms with van der Waals surface area (Å²) < 4.78 is 0. The highest BCUT2D eigenvalue weighted by Gasteiger charge is 2.15. The van der Waals surface area contributed by atoms with Crippen LogP contribution in [0.2, 0.25) is 0 Å². The topological polar surface area (TPSA) is 75.3 Å². The van der Waals surface area contributed by atoms with Gasteiger partial charge in [0.1, 0.15) is 0 Å². The molecule has 4 heteroatoms. The molecule has 2 atom stereocenters. The molecular formula is C14H30N2O2. The molecule has 18 heavy (non-hydrogen) atoms. The van der Waals surface area contributed by atoms with Crippen molar-refractivity contribution in [3.05, 3.63) is 0 Å². The molecule has 0 rings (SSSR count). The van der Waals surface area contributed by atoms with Crippen molar-refractivity contribution < 1.29 is 9.90 Å². The van der Waals surface area contributed by atoms with Crippen LogP contribution in [0.15, 0.2) is 0 Å². The Morgan fingerprint density at radius 1 is 1.17 bits per heavy atom. The van der Waals surface area contributed by atoms with Gasteiger partial charge in [0, 0.05) is 13.0 Å². The normalized spacial score (nSPS) is 14.9. The first-order valence-electron chi connectivity index (χ1n) is 7.03. The zero-order chi connectivity index (χ0) is 14.1. The maximum absolute atomic E-state index is 11.6. The van der Waals surface area contributed by atoms with Gasteiger partial charge in [-0.25, -0.2) is 0 Å². The van der Waals surface area contributed by atoms with Crippen molar-refractivity contribution in [1.29, 1.82) is 0 Å². The van der Waals surface area contributed by atoms with E-state index < -0.39 is 6.10 Å². The summed E-state index contributed by atoms with van der Waals surface area (Å²) in [6, 6.07) is 0. The van der Waals surface area contributed by atoms with Crippen LogP contribution in [-0.2, 0) is 4.79 Å². The van der Waals surface area contributed by atoms with Crippen molar-refractivity contribution in [2.75, 3.05) is 13.1 Å². The van der Waals surface area contributed by atoms with Crippen LogP contribution in [0.25, 0.3) is 0 Å². The van der Waals surface area contributed by atoms with Gasteiger partial charge in [-0.15, -0.1) is 0 Å². The number of carbonyl (C=O) groups excluding carboxylic acids is 1. The quantitative estimate of drug-likeness (QED) is 0.587. The largest absolute Gasteiger partial charge is 0.391 e. The molecule has 0 heterocycles. The molecule has 2 unspecified atom stereocenters. The molecule has 0 saturated heterocycles. The van der Waals surface area contributed by atoms with E-state index in [9.17, 15) is 9.90 Å². The Balaban J connectivity index is 3.87. The molecule has 0 aliphatic heterocycles. The highest BCUT2D eigenvalue weighted by atomic mass is 16.3. The van der Waals surface area contributed by atoms with E-state index in [0.717, 1.165) is 12.8 Å². The monoisotopic (exact) mass is 258 g/mol. The SMILES string of the molecule is CC(C)C(O)CNC(=O)CCC(CCN)C(C)C. The van der Waals surface area contributed by atoms with Gasteiger partial charge in [0.05, 0.1) is 6.10 Å². The third-order valence-electron chi connectivity index (χ3n) is 3.50. The first-order chi connectivity index (χ1) is 8.38. The molecule has 4 N–H and O–H groups in total. The fourth-order valence-corrected chi connectivity index (χ4v) is 1.88. The van der Waals surface area contributed by atoms with Crippen molar-refractivity contribution in [3.8, 4) is 0 Å². The van der Waals surface area contributed by atoms with E-state index in [1.54, 1.807) is 0 Å². The molecule has 0 radical (unpaired) electrons. The molecule has 0 bridgehead atoms. The van der Waals surface area contributed by atoms with Gasteiger partial charge in [0.2, 0.25) is 5.91 Å². The van der Waals surface area contributed by atoms with Gasteiger partial charge in [0.15, 0.2) is 0 Å². The van der Waals surface area contributed by atoms with Gasteiger partial charge in [-0.05, 0) is 37.1 Å². The van der Waals surface area contributed by atoms with Crippen LogP contribution < -0.4 is 11.1 Å². The summed E-state index contributed by atoms with van der Waals surface area (Å²) in [5, 5.41) is 12.4. The Bertz CT molecular complexity index is 230. The number of aliphatic hydroxyl groups excluding tert-OH is 1. The molecule has 0 aromatic heterocycles. The Morgan fingerprint density at radius 2 is 1.78 bits per heavy atom. The lowest BCUT2D eigenvalue weighted by Crippen LogP contribution is -2.35. The van der Waals surface area contributed by atoms with Crippen LogP contribution in [0, 0.1) is 17.8 Å². The Kier molecular flexibility index (Phi) is 9.02. The second-order valence-electron chi connectivity index (χ2n) is 5.74. The fraction of sp³-hybridized carbons (Fsp3) is 0.929. The second-order valence-corrected chi connectivity index (χ2v) is 5.74. The van der Waals surface area contributed by atoms with E-state index in [-0.39, 0.29) is 11.8 Å². The maximum Gasteiger partial charge on any atom is 0.220 e. The van der Waals surface area contributed by atoms with Crippen LogP contribution in [0.3, 0.4) is 0 Å². The van der Waals surface area contributed by atoms with Gasteiger partial charge >= 0.3 is 0 Å². The summed E-state index contributed by atoms with van der Waals surface area (Å²) in [5.41, 5.74) is 5.57. The van der Waals surface area contributed by atoms with E-state index in [4.69, 9.17) is 5.73 Å². The molecular weight excluding hydrogens is 228 g/mol. The summed E-state index contributed by atoms with van der Waals surface area (Å²) in [4.78, 5) is 11.6. The number of amides is 1. The molecule has 0 aliphatic carbocycles. The molecule has 0 saturated carbocycles. The zero-order valence-corrected chi connectivity index (χ0v) is 12.3. The number of rotatable bonds is 9. The average Bonchev–Trinajstić information content (AvgIpc) is 2.30. The number of hydrogen-bond donors (Lipinski definition) is 3. The molecule has 0 aliphatic rings. The van der Waals surface area contributed by atoms with Crippen molar-refractivity contribution in [3.63, 3.8) is 0 Å². The lowest BCUT2D eigenvalue weighted by Gasteiger charge is -2.20. The average molecular weight is 258 g/mol. The van der Waals surface area contributed by atoms with Crippen LogP contribution in [-0.4, -0.2) is 30.2 Å². The first kappa shape index (κ1) is 17.4. The Morgan fingerprint density at radius 3 is 2.22 bits per heavy atom. The highest BCUT2D eigenvalue weighted by molar-refractivity contribution is 5.75. The molecule has 0 aromatic rings. The predicted octanol–water partition coefficient (Wildman–Crippen LogP) is 1.52. The third kappa shape index (κ3) is 7.67. The highest BCUT2D eigenvalue weighted by Crippen LogP contribution is 2.20. The number of nitrogens with one attached hydrogen (secondary N) is 1. The van der Waals surface area contributed by atoms with Crippen molar-refractivity contribution in [1.82, 2.24) is 5.32 Å². The van der Waals surface area contributed by atoms with Crippen molar-refractivity contribution in [2.24, 2.45) is 23.5 Å². The molecule has 4 nitrogen and oxygen atoms in total.